The van der Waals surface area contributed by atoms with Crippen LogP contribution in [0.4, 0.5) is 0 Å². The Labute approximate surface area is 123 Å². The molecule has 0 N–H and O–H groups in total. The van der Waals surface area contributed by atoms with Crippen molar-refractivity contribution in [3.05, 3.63) is 65.0 Å². The molecule has 0 bridgehead atoms. The Morgan fingerprint density at radius 3 is 2.33 bits per heavy atom. The summed E-state index contributed by atoms with van der Waals surface area (Å²) in [5, 5.41) is 0. The lowest BCUT2D eigenvalue weighted by Crippen LogP contribution is -2.08. The van der Waals surface area contributed by atoms with E-state index < -0.39 is 5.97 Å². The van der Waals surface area contributed by atoms with Crippen LogP contribution in [0.25, 0.3) is 0 Å². The number of hydrogen-bond acceptors (Lipinski definition) is 4. The molecule has 1 unspecified atom stereocenters. The van der Waals surface area contributed by atoms with Crippen molar-refractivity contribution in [2.75, 3.05) is 7.11 Å². The van der Waals surface area contributed by atoms with Crippen LogP contribution in [0.15, 0.2) is 42.5 Å². The number of methoxy groups -OCH3 is 1. The molecule has 0 radical (unpaired) electrons. The van der Waals surface area contributed by atoms with Crippen LogP contribution >= 0.6 is 0 Å². The molecule has 1 aromatic heterocycles. The van der Waals surface area contributed by atoms with E-state index in [0.29, 0.717) is 11.3 Å². The van der Waals surface area contributed by atoms with Gasteiger partial charge in [0.1, 0.15) is 5.69 Å². The van der Waals surface area contributed by atoms with Gasteiger partial charge in [-0.25, -0.2) is 9.78 Å². The maximum absolute atomic E-state index is 11.5. The Bertz CT molecular complexity index is 662. The minimum absolute atomic E-state index is 0.0237. The van der Waals surface area contributed by atoms with E-state index >= 15 is 0 Å². The summed E-state index contributed by atoms with van der Waals surface area (Å²) in [4.78, 5) is 27.1. The van der Waals surface area contributed by atoms with Gasteiger partial charge in [0.15, 0.2) is 5.78 Å². The quantitative estimate of drug-likeness (QED) is 0.638. The Hall–Kier alpha value is -2.49. The van der Waals surface area contributed by atoms with E-state index in [1.807, 2.05) is 25.1 Å². The van der Waals surface area contributed by atoms with Crippen LogP contribution in [0.5, 0.6) is 0 Å². The molecule has 1 heterocycles. The molecule has 0 amide bonds. The zero-order valence-corrected chi connectivity index (χ0v) is 12.3. The standard InChI is InChI=1S/C17H17NO3/c1-11(13-7-9-14(10-8-13)12(2)19)15-5-4-6-16(18-15)17(20)21-3/h4-11H,1-3H3. The van der Waals surface area contributed by atoms with E-state index in [2.05, 4.69) is 9.72 Å². The highest BCUT2D eigenvalue weighted by molar-refractivity contribution is 5.94. The Morgan fingerprint density at radius 1 is 1.10 bits per heavy atom. The highest BCUT2D eigenvalue weighted by Gasteiger charge is 2.14. The van der Waals surface area contributed by atoms with Crippen LogP contribution in [0.3, 0.4) is 0 Å². The highest BCUT2D eigenvalue weighted by atomic mass is 16.5. The van der Waals surface area contributed by atoms with Gasteiger partial charge in [0.2, 0.25) is 0 Å². The molecule has 0 aliphatic rings. The van der Waals surface area contributed by atoms with Crippen LogP contribution in [0.2, 0.25) is 0 Å². The monoisotopic (exact) mass is 283 g/mol. The van der Waals surface area contributed by atoms with E-state index in [1.54, 1.807) is 31.2 Å². The predicted octanol–water partition coefficient (Wildman–Crippen LogP) is 3.22. The third kappa shape index (κ3) is 3.34. The van der Waals surface area contributed by atoms with Crippen LogP contribution in [0.1, 0.15) is 51.9 Å². The first kappa shape index (κ1) is 14.9. The molecule has 108 valence electrons. The second-order valence-electron chi connectivity index (χ2n) is 4.84. The average Bonchev–Trinajstić information content (AvgIpc) is 2.53. The number of benzene rings is 1. The second kappa shape index (κ2) is 6.31. The summed E-state index contributed by atoms with van der Waals surface area (Å²) >= 11 is 0. The van der Waals surface area contributed by atoms with Crippen molar-refractivity contribution in [2.45, 2.75) is 19.8 Å². The van der Waals surface area contributed by atoms with Crippen LogP contribution in [-0.4, -0.2) is 23.8 Å². The third-order valence-corrected chi connectivity index (χ3v) is 3.43. The molecule has 2 rings (SSSR count). The van der Waals surface area contributed by atoms with Gasteiger partial charge in [-0.15, -0.1) is 0 Å². The molecule has 0 saturated carbocycles. The van der Waals surface area contributed by atoms with Gasteiger partial charge >= 0.3 is 5.97 Å². The van der Waals surface area contributed by atoms with Crippen molar-refractivity contribution in [3.63, 3.8) is 0 Å². The lowest BCUT2D eigenvalue weighted by atomic mass is 9.95. The highest BCUT2D eigenvalue weighted by Crippen LogP contribution is 2.23. The Kier molecular flexibility index (Phi) is 4.48. The fraction of sp³-hybridized carbons (Fsp3) is 0.235. The minimum Gasteiger partial charge on any atom is -0.464 e. The summed E-state index contributed by atoms with van der Waals surface area (Å²) in [7, 11) is 1.33. The maximum Gasteiger partial charge on any atom is 0.356 e. The van der Waals surface area contributed by atoms with Gasteiger partial charge in [-0.2, -0.15) is 0 Å². The van der Waals surface area contributed by atoms with E-state index in [1.165, 1.54) is 7.11 Å². The zero-order valence-electron chi connectivity index (χ0n) is 12.3. The SMILES string of the molecule is COC(=O)c1cccc(C(C)c2ccc(C(C)=O)cc2)n1. The van der Waals surface area contributed by atoms with Crippen molar-refractivity contribution >= 4 is 11.8 Å². The first-order valence-electron chi connectivity index (χ1n) is 6.69. The summed E-state index contributed by atoms with van der Waals surface area (Å²) in [5.74, 6) is -0.383. The average molecular weight is 283 g/mol. The van der Waals surface area contributed by atoms with Gasteiger partial charge in [-0.05, 0) is 24.6 Å². The molecule has 0 fully saturated rings. The first-order valence-corrected chi connectivity index (χ1v) is 6.69. The lowest BCUT2D eigenvalue weighted by molar-refractivity contribution is 0.0593. The number of rotatable bonds is 4. The lowest BCUT2D eigenvalue weighted by Gasteiger charge is -2.12. The van der Waals surface area contributed by atoms with Crippen molar-refractivity contribution in [1.82, 2.24) is 4.98 Å². The number of Topliss-reactive ketones (excluding diaryl/α,β-unsaturated/α-hetero) is 1. The number of carbonyl (C=O) groups excluding carboxylic acids is 2. The topological polar surface area (TPSA) is 56.3 Å². The summed E-state index contributed by atoms with van der Waals surface area (Å²) in [6, 6.07) is 12.7. The summed E-state index contributed by atoms with van der Waals surface area (Å²) in [6.07, 6.45) is 0. The first-order chi connectivity index (χ1) is 10.0. The molecule has 1 atom stereocenters. The minimum atomic E-state index is -0.448. The van der Waals surface area contributed by atoms with Crippen molar-refractivity contribution in [1.29, 1.82) is 0 Å². The Morgan fingerprint density at radius 2 is 1.76 bits per heavy atom. The molecule has 0 spiro atoms. The molecule has 2 aromatic rings. The summed E-state index contributed by atoms with van der Waals surface area (Å²) in [5.41, 5.74) is 2.80. The third-order valence-electron chi connectivity index (χ3n) is 3.43. The molecular weight excluding hydrogens is 266 g/mol. The number of esters is 1. The van der Waals surface area contributed by atoms with Crippen molar-refractivity contribution in [3.8, 4) is 0 Å². The van der Waals surface area contributed by atoms with Gasteiger partial charge in [0, 0.05) is 17.2 Å². The zero-order chi connectivity index (χ0) is 15.4. The van der Waals surface area contributed by atoms with E-state index in [9.17, 15) is 9.59 Å². The molecule has 4 nitrogen and oxygen atoms in total. The predicted molar refractivity (Wildman–Crippen MR) is 79.5 cm³/mol. The van der Waals surface area contributed by atoms with Crippen LogP contribution in [0, 0.1) is 0 Å². The number of hydrogen-bond donors (Lipinski definition) is 0. The number of nitrogens with zero attached hydrogens (tertiary/aromatic N) is 1. The molecule has 1 aromatic carbocycles. The molecule has 0 aliphatic heterocycles. The van der Waals surface area contributed by atoms with Gasteiger partial charge < -0.3 is 4.74 Å². The summed E-state index contributed by atoms with van der Waals surface area (Å²) < 4.78 is 4.68. The fourth-order valence-corrected chi connectivity index (χ4v) is 2.09. The number of aromatic nitrogens is 1. The molecule has 0 saturated heterocycles. The fourth-order valence-electron chi connectivity index (χ4n) is 2.09. The largest absolute Gasteiger partial charge is 0.464 e. The number of ketones is 1. The van der Waals surface area contributed by atoms with Gasteiger partial charge in [0.25, 0.3) is 0 Å². The van der Waals surface area contributed by atoms with Crippen molar-refractivity contribution in [2.24, 2.45) is 0 Å². The Balaban J connectivity index is 2.29. The molecular formula is C17H17NO3. The van der Waals surface area contributed by atoms with E-state index in [4.69, 9.17) is 0 Å². The second-order valence-corrected chi connectivity index (χ2v) is 4.84. The normalized spacial score (nSPS) is 11.8. The van der Waals surface area contributed by atoms with E-state index in [0.717, 1.165) is 11.3 Å². The van der Waals surface area contributed by atoms with Gasteiger partial charge in [0.05, 0.1) is 7.11 Å². The van der Waals surface area contributed by atoms with Gasteiger partial charge in [-0.1, -0.05) is 37.3 Å². The maximum atomic E-state index is 11.5. The molecule has 0 aliphatic carbocycles. The molecule has 4 heteroatoms. The van der Waals surface area contributed by atoms with Crippen LogP contribution in [-0.2, 0) is 4.74 Å². The smallest absolute Gasteiger partial charge is 0.356 e. The van der Waals surface area contributed by atoms with Crippen molar-refractivity contribution < 1.29 is 14.3 Å². The van der Waals surface area contributed by atoms with Gasteiger partial charge in [-0.3, -0.25) is 4.79 Å². The number of carbonyl (C=O) groups is 2. The summed E-state index contributed by atoms with van der Waals surface area (Å²) in [6.45, 7) is 3.55. The number of ether oxygens (including phenoxy) is 1. The molecule has 21 heavy (non-hydrogen) atoms. The van der Waals surface area contributed by atoms with Crippen LogP contribution < -0.4 is 0 Å². The number of pyridine rings is 1. The van der Waals surface area contributed by atoms with E-state index in [-0.39, 0.29) is 11.7 Å².